The summed E-state index contributed by atoms with van der Waals surface area (Å²) in [6.07, 6.45) is 95.4. The van der Waals surface area contributed by atoms with E-state index < -0.39 is 6.10 Å². The number of rotatable bonds is 63. The summed E-state index contributed by atoms with van der Waals surface area (Å²) in [6, 6.07) is 0. The van der Waals surface area contributed by atoms with Gasteiger partial charge in [0.1, 0.15) is 13.2 Å². The Labute approximate surface area is 508 Å². The van der Waals surface area contributed by atoms with E-state index in [0.29, 0.717) is 19.3 Å². The maximum absolute atomic E-state index is 12.9. The summed E-state index contributed by atoms with van der Waals surface area (Å²) >= 11 is 0. The second-order valence-electron chi connectivity index (χ2n) is 23.1. The normalized spacial score (nSPS) is 12.8. The molecule has 82 heavy (non-hydrogen) atoms. The van der Waals surface area contributed by atoms with E-state index in [1.165, 1.54) is 173 Å². The van der Waals surface area contributed by atoms with Crippen LogP contribution in [0.2, 0.25) is 0 Å². The van der Waals surface area contributed by atoms with Crippen LogP contribution in [0.5, 0.6) is 0 Å². The average Bonchev–Trinajstić information content (AvgIpc) is 3.47. The molecule has 0 amide bonds. The number of ether oxygens (including phenoxy) is 3. The summed E-state index contributed by atoms with van der Waals surface area (Å²) < 4.78 is 16.9. The largest absolute Gasteiger partial charge is 0.462 e. The van der Waals surface area contributed by atoms with E-state index in [-0.39, 0.29) is 31.1 Å². The highest BCUT2D eigenvalue weighted by atomic mass is 16.6. The summed E-state index contributed by atoms with van der Waals surface area (Å²) in [5.74, 6) is -0.888. The van der Waals surface area contributed by atoms with E-state index >= 15 is 0 Å². The standard InChI is InChI=1S/C76H130O6/c1-4-7-10-13-16-19-22-24-26-28-30-32-34-36-37-38-39-41-42-44-46-48-50-52-54-57-60-63-66-69-75(78)81-72-73(71-80-74(77)68-65-62-59-56-21-18-15-12-9-6-3)82-76(79)70-67-64-61-58-55-53-51-49-47-45-43-40-35-33-31-29-27-25-23-20-17-14-11-8-5-2/h8,11,17,20,22,24-25,27-28,30-31,33-34,36,40,43,47,49,73H,4-7,9-10,12-16,18-19,21,23,26,29,32,35,37-39,41-42,44-46,48,50-72H2,1-3H3/b11-8-,20-17-,24-22-,27-25-,30-28-,33-31-,36-34-,43-40-,49-47-. The van der Waals surface area contributed by atoms with Crippen molar-refractivity contribution in [1.29, 1.82) is 0 Å². The van der Waals surface area contributed by atoms with E-state index in [1.54, 1.807) is 0 Å². The van der Waals surface area contributed by atoms with Crippen LogP contribution in [-0.4, -0.2) is 37.2 Å². The molecule has 0 aliphatic rings. The predicted molar refractivity (Wildman–Crippen MR) is 357 cm³/mol. The molecule has 0 saturated carbocycles. The fourth-order valence-corrected chi connectivity index (χ4v) is 9.81. The molecule has 0 aromatic rings. The Kier molecular flexibility index (Phi) is 66.2. The van der Waals surface area contributed by atoms with E-state index in [9.17, 15) is 14.4 Å². The van der Waals surface area contributed by atoms with E-state index in [0.717, 1.165) is 122 Å². The molecule has 1 atom stereocenters. The van der Waals surface area contributed by atoms with Crippen LogP contribution in [0.3, 0.4) is 0 Å². The SMILES string of the molecule is CC/C=C\C/C=C\C/C=C\C/C=C\C/C=C\C/C=C\CCCCCCCCC(=O)OC(COC(=O)CCCCCCCCCCCC)COC(=O)CCCCCCCCCCCCCCCC/C=C\C/C=C\C/C=C\CCCCCCC. The van der Waals surface area contributed by atoms with Gasteiger partial charge >= 0.3 is 17.9 Å². The first-order valence-electron chi connectivity index (χ1n) is 34.9. The summed E-state index contributed by atoms with van der Waals surface area (Å²) in [5.41, 5.74) is 0. The molecule has 0 spiro atoms. The Morgan fingerprint density at radius 1 is 0.256 bits per heavy atom. The highest BCUT2D eigenvalue weighted by molar-refractivity contribution is 5.71. The van der Waals surface area contributed by atoms with Crippen molar-refractivity contribution in [2.24, 2.45) is 0 Å². The molecule has 6 heteroatoms. The van der Waals surface area contributed by atoms with Crippen molar-refractivity contribution in [1.82, 2.24) is 0 Å². The summed E-state index contributed by atoms with van der Waals surface area (Å²) in [4.78, 5) is 38.3. The number of carbonyl (C=O) groups excluding carboxylic acids is 3. The smallest absolute Gasteiger partial charge is 0.306 e. The van der Waals surface area contributed by atoms with Gasteiger partial charge in [-0.25, -0.2) is 0 Å². The Hall–Kier alpha value is -3.93. The third-order valence-electron chi connectivity index (χ3n) is 15.0. The molecule has 0 rings (SSSR count). The molecule has 0 radical (unpaired) electrons. The van der Waals surface area contributed by atoms with Crippen molar-refractivity contribution in [2.45, 2.75) is 341 Å². The van der Waals surface area contributed by atoms with Crippen LogP contribution in [0, 0.1) is 0 Å². The highest BCUT2D eigenvalue weighted by Crippen LogP contribution is 2.17. The zero-order chi connectivity index (χ0) is 59.2. The minimum Gasteiger partial charge on any atom is -0.462 e. The van der Waals surface area contributed by atoms with Crippen LogP contribution in [0.15, 0.2) is 109 Å². The van der Waals surface area contributed by atoms with Crippen LogP contribution in [-0.2, 0) is 28.6 Å². The fourth-order valence-electron chi connectivity index (χ4n) is 9.81. The average molecular weight is 1140 g/mol. The van der Waals surface area contributed by atoms with E-state index in [4.69, 9.17) is 14.2 Å². The van der Waals surface area contributed by atoms with Crippen LogP contribution in [0.4, 0.5) is 0 Å². The monoisotopic (exact) mass is 1140 g/mol. The van der Waals surface area contributed by atoms with Gasteiger partial charge in [-0.3, -0.25) is 14.4 Å². The van der Waals surface area contributed by atoms with E-state index in [1.807, 2.05) is 0 Å². The number of carbonyl (C=O) groups is 3. The molecular weight excluding hydrogens is 1010 g/mol. The molecule has 6 nitrogen and oxygen atoms in total. The van der Waals surface area contributed by atoms with Gasteiger partial charge in [-0.2, -0.15) is 0 Å². The van der Waals surface area contributed by atoms with Crippen LogP contribution in [0.25, 0.3) is 0 Å². The van der Waals surface area contributed by atoms with Crippen molar-refractivity contribution in [3.8, 4) is 0 Å². The number of unbranched alkanes of at least 4 members (excludes halogenated alkanes) is 34. The number of allylic oxidation sites excluding steroid dienone is 18. The van der Waals surface area contributed by atoms with Gasteiger partial charge in [0.15, 0.2) is 6.10 Å². The topological polar surface area (TPSA) is 78.9 Å². The van der Waals surface area contributed by atoms with Gasteiger partial charge in [-0.05, 0) is 109 Å². The Bertz CT molecular complexity index is 1640. The van der Waals surface area contributed by atoms with Crippen LogP contribution >= 0.6 is 0 Å². The second kappa shape index (κ2) is 69.6. The van der Waals surface area contributed by atoms with Crippen molar-refractivity contribution < 1.29 is 28.6 Å². The minimum atomic E-state index is -0.787. The first kappa shape index (κ1) is 78.1. The lowest BCUT2D eigenvalue weighted by Crippen LogP contribution is -2.30. The number of esters is 3. The Morgan fingerprint density at radius 3 is 0.744 bits per heavy atom. The third-order valence-corrected chi connectivity index (χ3v) is 15.0. The van der Waals surface area contributed by atoms with Gasteiger partial charge in [0.2, 0.25) is 0 Å². The van der Waals surface area contributed by atoms with Gasteiger partial charge in [-0.15, -0.1) is 0 Å². The lowest BCUT2D eigenvalue weighted by Gasteiger charge is -2.18. The van der Waals surface area contributed by atoms with Crippen molar-refractivity contribution in [2.75, 3.05) is 13.2 Å². The van der Waals surface area contributed by atoms with Gasteiger partial charge < -0.3 is 14.2 Å². The first-order valence-corrected chi connectivity index (χ1v) is 34.9. The summed E-state index contributed by atoms with van der Waals surface area (Å²) in [6.45, 7) is 6.52. The van der Waals surface area contributed by atoms with Crippen LogP contribution in [0.1, 0.15) is 335 Å². The van der Waals surface area contributed by atoms with Gasteiger partial charge in [0.05, 0.1) is 0 Å². The minimum absolute atomic E-state index is 0.0821. The molecule has 0 bridgehead atoms. The molecule has 470 valence electrons. The predicted octanol–water partition coefficient (Wildman–Crippen LogP) is 24.2. The second-order valence-corrected chi connectivity index (χ2v) is 23.1. The molecule has 0 aliphatic carbocycles. The fraction of sp³-hybridized carbons (Fsp3) is 0.724. The zero-order valence-electron chi connectivity index (χ0n) is 54.0. The summed E-state index contributed by atoms with van der Waals surface area (Å²) in [5, 5.41) is 0. The van der Waals surface area contributed by atoms with Crippen molar-refractivity contribution >= 4 is 17.9 Å². The van der Waals surface area contributed by atoms with Crippen molar-refractivity contribution in [3.63, 3.8) is 0 Å². The molecular formula is C76H130O6. The number of hydrogen-bond donors (Lipinski definition) is 0. The van der Waals surface area contributed by atoms with Crippen LogP contribution < -0.4 is 0 Å². The molecule has 0 aromatic heterocycles. The molecule has 0 saturated heterocycles. The molecule has 1 unspecified atom stereocenters. The molecule has 0 aromatic carbocycles. The molecule has 0 fully saturated rings. The summed E-state index contributed by atoms with van der Waals surface area (Å²) in [7, 11) is 0. The first-order chi connectivity index (χ1) is 40.5. The Morgan fingerprint density at radius 2 is 0.476 bits per heavy atom. The number of hydrogen-bond acceptors (Lipinski definition) is 6. The van der Waals surface area contributed by atoms with Gasteiger partial charge in [-0.1, -0.05) is 316 Å². The van der Waals surface area contributed by atoms with Gasteiger partial charge in [0.25, 0.3) is 0 Å². The zero-order valence-corrected chi connectivity index (χ0v) is 54.0. The quantitative estimate of drug-likeness (QED) is 0.0261. The van der Waals surface area contributed by atoms with Crippen molar-refractivity contribution in [3.05, 3.63) is 109 Å². The third kappa shape index (κ3) is 66.9. The lowest BCUT2D eigenvalue weighted by molar-refractivity contribution is -0.167. The maximum Gasteiger partial charge on any atom is 0.306 e. The lowest BCUT2D eigenvalue weighted by atomic mass is 10.0. The maximum atomic E-state index is 12.9. The molecule has 0 aliphatic heterocycles. The van der Waals surface area contributed by atoms with E-state index in [2.05, 4.69) is 130 Å². The molecule has 0 N–H and O–H groups in total. The van der Waals surface area contributed by atoms with Gasteiger partial charge in [0, 0.05) is 19.3 Å². The molecule has 0 heterocycles. The Balaban J connectivity index is 4.23. The highest BCUT2D eigenvalue weighted by Gasteiger charge is 2.19.